The first-order valence-electron chi connectivity index (χ1n) is 11.1. The number of carbonyl (C=O) groups is 1. The highest BCUT2D eigenvalue weighted by molar-refractivity contribution is 7.09. The predicted octanol–water partition coefficient (Wildman–Crippen LogP) is 4.33. The van der Waals surface area contributed by atoms with Gasteiger partial charge in [0, 0.05) is 30.5 Å². The maximum atomic E-state index is 13.3. The van der Waals surface area contributed by atoms with Crippen LogP contribution in [-0.2, 0) is 19.6 Å². The van der Waals surface area contributed by atoms with Crippen LogP contribution < -0.4 is 4.74 Å². The summed E-state index contributed by atoms with van der Waals surface area (Å²) in [6.07, 6.45) is 6.47. The van der Waals surface area contributed by atoms with Crippen LogP contribution in [0.2, 0.25) is 0 Å². The van der Waals surface area contributed by atoms with Gasteiger partial charge < -0.3 is 14.2 Å². The zero-order valence-electron chi connectivity index (χ0n) is 17.8. The van der Waals surface area contributed by atoms with E-state index in [0.717, 1.165) is 66.9 Å². The van der Waals surface area contributed by atoms with Crippen molar-refractivity contribution in [3.8, 4) is 5.75 Å². The highest BCUT2D eigenvalue weighted by atomic mass is 32.1. The number of carbonyl (C=O) groups excluding carboxylic acids is 1. The van der Waals surface area contributed by atoms with Crippen molar-refractivity contribution >= 4 is 17.2 Å². The van der Waals surface area contributed by atoms with Gasteiger partial charge in [-0.25, -0.2) is 4.98 Å². The van der Waals surface area contributed by atoms with Crippen LogP contribution in [0.1, 0.15) is 70.9 Å². The summed E-state index contributed by atoms with van der Waals surface area (Å²) in [6.45, 7) is 4.13. The lowest BCUT2D eigenvalue weighted by Gasteiger charge is -2.25. The molecular formula is C23H27N5O2S. The molecule has 1 saturated heterocycles. The van der Waals surface area contributed by atoms with Gasteiger partial charge in [0.05, 0.1) is 16.7 Å². The monoisotopic (exact) mass is 437 g/mol. The normalized spacial score (nSPS) is 18.6. The standard InChI is InChI=1S/C23H27N5O2S/c1-16-24-18(15-31-16)14-30-19-10-8-17(9-11-19)23(29)27-13-5-6-20(27)22-26-25-21-7-3-2-4-12-28(21)22/h8-11,15,20H,2-7,12-14H2,1H3. The van der Waals surface area contributed by atoms with Crippen LogP contribution in [0.5, 0.6) is 5.75 Å². The average molecular weight is 438 g/mol. The molecule has 3 aromatic rings. The molecule has 0 N–H and O–H groups in total. The Kier molecular flexibility index (Phi) is 5.72. The number of likely N-dealkylation sites (tertiary alicyclic amines) is 1. The number of hydrogen-bond donors (Lipinski definition) is 0. The van der Waals surface area contributed by atoms with E-state index in [4.69, 9.17) is 4.74 Å². The Morgan fingerprint density at radius 1 is 1.13 bits per heavy atom. The van der Waals surface area contributed by atoms with Gasteiger partial charge in [0.2, 0.25) is 0 Å². The fourth-order valence-corrected chi connectivity index (χ4v) is 5.12. The first kappa shape index (κ1) is 20.2. The number of amides is 1. The van der Waals surface area contributed by atoms with Crippen molar-refractivity contribution in [2.24, 2.45) is 0 Å². The van der Waals surface area contributed by atoms with Gasteiger partial charge in [-0.05, 0) is 56.9 Å². The van der Waals surface area contributed by atoms with Crippen molar-refractivity contribution in [2.75, 3.05) is 6.54 Å². The zero-order valence-corrected chi connectivity index (χ0v) is 18.6. The molecule has 0 saturated carbocycles. The molecule has 2 aliphatic heterocycles. The first-order chi connectivity index (χ1) is 15.2. The summed E-state index contributed by atoms with van der Waals surface area (Å²) >= 11 is 1.62. The van der Waals surface area contributed by atoms with Gasteiger partial charge in [0.1, 0.15) is 18.2 Å². The topological polar surface area (TPSA) is 73.1 Å². The van der Waals surface area contributed by atoms with E-state index in [0.29, 0.717) is 12.2 Å². The van der Waals surface area contributed by atoms with Crippen LogP contribution in [0.25, 0.3) is 0 Å². The summed E-state index contributed by atoms with van der Waals surface area (Å²) in [5.74, 6) is 2.82. The Hall–Kier alpha value is -2.74. The molecule has 1 unspecified atom stereocenters. The molecule has 2 aromatic heterocycles. The van der Waals surface area contributed by atoms with Crippen LogP contribution in [0.3, 0.4) is 0 Å². The van der Waals surface area contributed by atoms with Crippen LogP contribution >= 0.6 is 11.3 Å². The molecule has 1 amide bonds. The van der Waals surface area contributed by atoms with E-state index in [2.05, 4.69) is 19.7 Å². The Morgan fingerprint density at radius 3 is 2.81 bits per heavy atom. The number of thiazole rings is 1. The van der Waals surface area contributed by atoms with Crippen molar-refractivity contribution in [3.63, 3.8) is 0 Å². The third kappa shape index (κ3) is 4.21. The quantitative estimate of drug-likeness (QED) is 0.594. The number of aromatic nitrogens is 4. The van der Waals surface area contributed by atoms with Crippen LogP contribution in [0.4, 0.5) is 0 Å². The van der Waals surface area contributed by atoms with Crippen molar-refractivity contribution < 1.29 is 9.53 Å². The predicted molar refractivity (Wildman–Crippen MR) is 118 cm³/mol. The fraction of sp³-hybridized carbons (Fsp3) is 0.478. The van der Waals surface area contributed by atoms with Crippen LogP contribution in [0.15, 0.2) is 29.6 Å². The summed E-state index contributed by atoms with van der Waals surface area (Å²) in [7, 11) is 0. The van der Waals surface area contributed by atoms with Crippen molar-refractivity contribution in [3.05, 3.63) is 57.6 Å². The van der Waals surface area contributed by atoms with Crippen molar-refractivity contribution in [1.29, 1.82) is 0 Å². The molecule has 4 heterocycles. The van der Waals surface area contributed by atoms with E-state index < -0.39 is 0 Å². The minimum atomic E-state index is 0.00989. The number of aryl methyl sites for hydroxylation is 2. The van der Waals surface area contributed by atoms with E-state index in [-0.39, 0.29) is 11.9 Å². The second-order valence-corrected chi connectivity index (χ2v) is 9.33. The Balaban J connectivity index is 1.28. The Morgan fingerprint density at radius 2 is 2.00 bits per heavy atom. The summed E-state index contributed by atoms with van der Waals surface area (Å²) in [5, 5.41) is 12.0. The van der Waals surface area contributed by atoms with Gasteiger partial charge in [-0.2, -0.15) is 0 Å². The van der Waals surface area contributed by atoms with Gasteiger partial charge in [-0.3, -0.25) is 4.79 Å². The highest BCUT2D eigenvalue weighted by Crippen LogP contribution is 2.33. The molecular weight excluding hydrogens is 410 g/mol. The minimum Gasteiger partial charge on any atom is -0.487 e. The molecule has 31 heavy (non-hydrogen) atoms. The second-order valence-electron chi connectivity index (χ2n) is 8.26. The van der Waals surface area contributed by atoms with Crippen molar-refractivity contribution in [1.82, 2.24) is 24.6 Å². The van der Waals surface area contributed by atoms with Gasteiger partial charge in [0.25, 0.3) is 5.91 Å². The average Bonchev–Trinajstić information content (AvgIpc) is 3.49. The lowest BCUT2D eigenvalue weighted by molar-refractivity contribution is 0.0727. The molecule has 8 heteroatoms. The summed E-state index contributed by atoms with van der Waals surface area (Å²) in [5.41, 5.74) is 1.61. The minimum absolute atomic E-state index is 0.00989. The molecule has 162 valence electrons. The molecule has 1 aromatic carbocycles. The molecule has 7 nitrogen and oxygen atoms in total. The number of nitrogens with zero attached hydrogens (tertiary/aromatic N) is 5. The van der Waals surface area contributed by atoms with E-state index in [1.807, 2.05) is 41.5 Å². The molecule has 2 aliphatic rings. The number of rotatable bonds is 5. The van der Waals surface area contributed by atoms with E-state index in [9.17, 15) is 4.79 Å². The van der Waals surface area contributed by atoms with E-state index >= 15 is 0 Å². The number of hydrogen-bond acceptors (Lipinski definition) is 6. The summed E-state index contributed by atoms with van der Waals surface area (Å²) in [4.78, 5) is 19.7. The highest BCUT2D eigenvalue weighted by Gasteiger charge is 2.34. The lowest BCUT2D eigenvalue weighted by Crippen LogP contribution is -2.32. The number of ether oxygens (including phenoxy) is 1. The number of benzene rings is 1. The third-order valence-corrected chi connectivity index (χ3v) is 6.93. The zero-order chi connectivity index (χ0) is 21.2. The van der Waals surface area contributed by atoms with Crippen LogP contribution in [0, 0.1) is 6.92 Å². The fourth-order valence-electron chi connectivity index (χ4n) is 4.52. The first-order valence-corrected chi connectivity index (χ1v) is 11.9. The molecule has 1 fully saturated rings. The van der Waals surface area contributed by atoms with Gasteiger partial charge >= 0.3 is 0 Å². The molecule has 0 spiro atoms. The maximum absolute atomic E-state index is 13.3. The van der Waals surface area contributed by atoms with Gasteiger partial charge in [0.15, 0.2) is 5.82 Å². The SMILES string of the molecule is Cc1nc(COc2ccc(C(=O)N3CCCC3c3nnc4n3CCCCC4)cc2)cs1. The molecule has 1 atom stereocenters. The smallest absolute Gasteiger partial charge is 0.254 e. The molecule has 0 bridgehead atoms. The third-order valence-electron chi connectivity index (χ3n) is 6.10. The maximum Gasteiger partial charge on any atom is 0.254 e. The largest absolute Gasteiger partial charge is 0.487 e. The van der Waals surface area contributed by atoms with Gasteiger partial charge in [-0.15, -0.1) is 21.5 Å². The van der Waals surface area contributed by atoms with Crippen molar-refractivity contribution in [2.45, 2.75) is 64.6 Å². The van der Waals surface area contributed by atoms with Gasteiger partial charge in [-0.1, -0.05) is 6.42 Å². The molecule has 0 aliphatic carbocycles. The lowest BCUT2D eigenvalue weighted by atomic mass is 10.1. The number of fused-ring (bicyclic) bond motifs is 1. The summed E-state index contributed by atoms with van der Waals surface area (Å²) in [6, 6.07) is 7.44. The van der Waals surface area contributed by atoms with E-state index in [1.165, 1.54) is 12.8 Å². The molecule has 0 radical (unpaired) electrons. The van der Waals surface area contributed by atoms with E-state index in [1.54, 1.807) is 11.3 Å². The summed E-state index contributed by atoms with van der Waals surface area (Å²) < 4.78 is 8.08. The second kappa shape index (κ2) is 8.78. The Bertz CT molecular complexity index is 1060. The molecule has 5 rings (SSSR count). The van der Waals surface area contributed by atoms with Crippen LogP contribution in [-0.4, -0.2) is 37.1 Å². The Labute approximate surface area is 186 Å².